The van der Waals surface area contributed by atoms with Gasteiger partial charge in [0, 0.05) is 9.79 Å². The predicted molar refractivity (Wildman–Crippen MR) is 140 cm³/mol. The van der Waals surface area contributed by atoms with Gasteiger partial charge in [-0.05, 0) is 72.9 Å². The number of benzene rings is 2. The fraction of sp³-hybridized carbons (Fsp3) is 0.600. The van der Waals surface area contributed by atoms with E-state index in [4.69, 9.17) is 0 Å². The SMILES string of the molecule is CC(C)CCCCCCc1ccc(Sc2ccc(CCCCCCC(C)C)cc2)cc1. The lowest BCUT2D eigenvalue weighted by molar-refractivity contribution is 0.520. The lowest BCUT2D eigenvalue weighted by Gasteiger charge is -2.07. The minimum atomic E-state index is 0.852. The van der Waals surface area contributed by atoms with Gasteiger partial charge in [0.1, 0.15) is 0 Å². The van der Waals surface area contributed by atoms with E-state index < -0.39 is 0 Å². The highest BCUT2D eigenvalue weighted by Gasteiger charge is 2.01. The smallest absolute Gasteiger partial charge is 0.0122 e. The van der Waals surface area contributed by atoms with Gasteiger partial charge in [-0.15, -0.1) is 0 Å². The highest BCUT2D eigenvalue weighted by molar-refractivity contribution is 7.99. The monoisotopic (exact) mass is 438 g/mol. The summed E-state index contributed by atoms with van der Waals surface area (Å²) in [6, 6.07) is 18.5. The van der Waals surface area contributed by atoms with Gasteiger partial charge in [0.15, 0.2) is 0 Å². The Labute approximate surface area is 197 Å². The van der Waals surface area contributed by atoms with Crippen LogP contribution in [0.4, 0.5) is 0 Å². The van der Waals surface area contributed by atoms with Crippen LogP contribution in [-0.2, 0) is 12.8 Å². The van der Waals surface area contributed by atoms with Crippen LogP contribution in [0.2, 0.25) is 0 Å². The Hall–Kier alpha value is -1.21. The third kappa shape index (κ3) is 12.4. The Morgan fingerprint density at radius 3 is 1.19 bits per heavy atom. The van der Waals surface area contributed by atoms with Gasteiger partial charge in [0.25, 0.3) is 0 Å². The van der Waals surface area contributed by atoms with Crippen molar-refractivity contribution in [1.82, 2.24) is 0 Å². The number of hydrogen-bond donors (Lipinski definition) is 0. The van der Waals surface area contributed by atoms with E-state index in [0.717, 1.165) is 11.8 Å². The second kappa shape index (κ2) is 15.6. The molecule has 0 nitrogen and oxygen atoms in total. The molecular weight excluding hydrogens is 392 g/mol. The van der Waals surface area contributed by atoms with Gasteiger partial charge in [0.2, 0.25) is 0 Å². The molecule has 0 saturated heterocycles. The summed E-state index contributed by atoms with van der Waals surface area (Å²) in [5.41, 5.74) is 2.97. The van der Waals surface area contributed by atoms with Gasteiger partial charge in [-0.25, -0.2) is 0 Å². The van der Waals surface area contributed by atoms with Gasteiger partial charge < -0.3 is 0 Å². The summed E-state index contributed by atoms with van der Waals surface area (Å²) in [7, 11) is 0. The standard InChI is InChI=1S/C30H46S/c1-25(2)13-9-5-7-11-15-27-17-21-29(22-18-27)31-30-23-19-28(20-24-30)16-12-8-6-10-14-26(3)4/h17-26H,5-16H2,1-4H3. The maximum absolute atomic E-state index is 2.32. The van der Waals surface area contributed by atoms with E-state index >= 15 is 0 Å². The van der Waals surface area contributed by atoms with Crippen molar-refractivity contribution < 1.29 is 0 Å². The number of rotatable bonds is 16. The Morgan fingerprint density at radius 1 is 0.484 bits per heavy atom. The lowest BCUT2D eigenvalue weighted by Crippen LogP contribution is -1.89. The van der Waals surface area contributed by atoms with E-state index in [0.29, 0.717) is 0 Å². The average Bonchev–Trinajstić information content (AvgIpc) is 2.75. The number of hydrogen-bond acceptors (Lipinski definition) is 1. The zero-order chi connectivity index (χ0) is 22.3. The third-order valence-corrected chi connectivity index (χ3v) is 7.09. The molecular formula is C30H46S. The zero-order valence-corrected chi connectivity index (χ0v) is 21.5. The van der Waals surface area contributed by atoms with Crippen molar-refractivity contribution in [2.24, 2.45) is 11.8 Å². The molecule has 0 unspecified atom stereocenters. The van der Waals surface area contributed by atoms with Crippen molar-refractivity contribution in [2.45, 2.75) is 115 Å². The first-order valence-corrected chi connectivity index (χ1v) is 13.7. The van der Waals surface area contributed by atoms with E-state index in [-0.39, 0.29) is 0 Å². The molecule has 0 saturated carbocycles. The van der Waals surface area contributed by atoms with Crippen LogP contribution in [0.15, 0.2) is 58.3 Å². The van der Waals surface area contributed by atoms with Crippen LogP contribution >= 0.6 is 11.8 Å². The van der Waals surface area contributed by atoms with Crippen molar-refractivity contribution in [3.63, 3.8) is 0 Å². The van der Waals surface area contributed by atoms with E-state index in [9.17, 15) is 0 Å². The van der Waals surface area contributed by atoms with E-state index in [1.54, 1.807) is 0 Å². The molecule has 0 fully saturated rings. The summed E-state index contributed by atoms with van der Waals surface area (Å²) in [6.45, 7) is 9.30. The molecule has 0 radical (unpaired) electrons. The molecule has 0 amide bonds. The van der Waals surface area contributed by atoms with Crippen LogP contribution in [-0.4, -0.2) is 0 Å². The van der Waals surface area contributed by atoms with E-state index in [1.165, 1.54) is 98.0 Å². The molecule has 0 N–H and O–H groups in total. The van der Waals surface area contributed by atoms with Crippen LogP contribution in [0.1, 0.15) is 103 Å². The van der Waals surface area contributed by atoms with Crippen LogP contribution in [0, 0.1) is 11.8 Å². The van der Waals surface area contributed by atoms with Crippen molar-refractivity contribution in [1.29, 1.82) is 0 Å². The molecule has 0 aliphatic rings. The van der Waals surface area contributed by atoms with Crippen LogP contribution in [0.25, 0.3) is 0 Å². The quantitative estimate of drug-likeness (QED) is 0.235. The topological polar surface area (TPSA) is 0 Å². The molecule has 31 heavy (non-hydrogen) atoms. The maximum atomic E-state index is 2.32. The molecule has 0 aromatic heterocycles. The molecule has 0 spiro atoms. The Kier molecular flexibility index (Phi) is 13.1. The fourth-order valence-corrected chi connectivity index (χ4v) is 4.87. The summed E-state index contributed by atoms with van der Waals surface area (Å²) >= 11 is 1.88. The van der Waals surface area contributed by atoms with Gasteiger partial charge in [-0.3, -0.25) is 0 Å². The molecule has 2 aromatic rings. The molecule has 2 aromatic carbocycles. The molecule has 2 rings (SSSR count). The Bertz CT molecular complexity index is 620. The third-order valence-electron chi connectivity index (χ3n) is 6.08. The molecule has 1 heteroatoms. The first-order valence-electron chi connectivity index (χ1n) is 12.9. The number of unbranched alkanes of at least 4 members (excludes halogenated alkanes) is 6. The van der Waals surface area contributed by atoms with Gasteiger partial charge in [-0.2, -0.15) is 0 Å². The highest BCUT2D eigenvalue weighted by atomic mass is 32.2. The molecule has 0 aliphatic carbocycles. The second-order valence-corrected chi connectivity index (χ2v) is 11.2. The molecule has 0 bridgehead atoms. The normalized spacial score (nSPS) is 11.5. The highest BCUT2D eigenvalue weighted by Crippen LogP contribution is 2.28. The summed E-state index contributed by atoms with van der Waals surface area (Å²) in [6.07, 6.45) is 16.2. The lowest BCUT2D eigenvalue weighted by atomic mass is 10.0. The second-order valence-electron chi connectivity index (χ2n) is 10.1. The largest absolute Gasteiger partial charge is 0.0901 e. The van der Waals surface area contributed by atoms with Crippen molar-refractivity contribution in [2.75, 3.05) is 0 Å². The van der Waals surface area contributed by atoms with Crippen molar-refractivity contribution >= 4 is 11.8 Å². The Morgan fingerprint density at radius 2 is 0.839 bits per heavy atom. The van der Waals surface area contributed by atoms with Crippen molar-refractivity contribution in [3.05, 3.63) is 59.7 Å². The summed E-state index contributed by atoms with van der Waals surface area (Å²) in [4.78, 5) is 2.69. The van der Waals surface area contributed by atoms with Crippen LogP contribution in [0.3, 0.4) is 0 Å². The van der Waals surface area contributed by atoms with Crippen molar-refractivity contribution in [3.8, 4) is 0 Å². The summed E-state index contributed by atoms with van der Waals surface area (Å²) in [5.74, 6) is 1.70. The summed E-state index contributed by atoms with van der Waals surface area (Å²) < 4.78 is 0. The Balaban J connectivity index is 1.63. The fourth-order valence-electron chi connectivity index (χ4n) is 4.05. The number of aryl methyl sites for hydroxylation is 2. The van der Waals surface area contributed by atoms with Gasteiger partial charge in [-0.1, -0.05) is 115 Å². The minimum Gasteiger partial charge on any atom is -0.0901 e. The van der Waals surface area contributed by atoms with Crippen LogP contribution in [0.5, 0.6) is 0 Å². The van der Waals surface area contributed by atoms with E-state index in [1.807, 2.05) is 11.8 Å². The minimum absolute atomic E-state index is 0.852. The van der Waals surface area contributed by atoms with Gasteiger partial charge in [0.05, 0.1) is 0 Å². The zero-order valence-electron chi connectivity index (χ0n) is 20.7. The predicted octanol–water partition coefficient (Wildman–Crippen LogP) is 10.1. The van der Waals surface area contributed by atoms with E-state index in [2.05, 4.69) is 76.2 Å². The molecule has 0 atom stereocenters. The maximum Gasteiger partial charge on any atom is 0.0122 e. The van der Waals surface area contributed by atoms with Crippen LogP contribution < -0.4 is 0 Å². The molecule has 0 aliphatic heterocycles. The average molecular weight is 439 g/mol. The first-order chi connectivity index (χ1) is 15.0. The first kappa shape index (κ1) is 26.0. The molecule has 172 valence electrons. The van der Waals surface area contributed by atoms with Gasteiger partial charge >= 0.3 is 0 Å². The summed E-state index contributed by atoms with van der Waals surface area (Å²) in [5, 5.41) is 0. The molecule has 0 heterocycles.